The predicted molar refractivity (Wildman–Crippen MR) is 87.5 cm³/mol. The normalized spacial score (nSPS) is 20.6. The molecule has 0 saturated heterocycles. The van der Waals surface area contributed by atoms with Crippen molar-refractivity contribution < 1.29 is 9.47 Å². The van der Waals surface area contributed by atoms with E-state index in [1.165, 1.54) is 37.0 Å². The first-order valence-electron chi connectivity index (χ1n) is 7.45. The molecule has 0 unspecified atom stereocenters. The summed E-state index contributed by atoms with van der Waals surface area (Å²) in [5.41, 5.74) is 0.430. The fraction of sp³-hybridized carbons (Fsp3) is 0.625. The zero-order valence-electron chi connectivity index (χ0n) is 11.8. The van der Waals surface area contributed by atoms with Crippen LogP contribution in [0.25, 0.3) is 0 Å². The molecule has 4 heteroatoms. The molecule has 0 atom stereocenters. The van der Waals surface area contributed by atoms with Crippen LogP contribution in [0.15, 0.2) is 23.1 Å². The van der Waals surface area contributed by atoms with Crippen LogP contribution in [0.1, 0.15) is 32.1 Å². The summed E-state index contributed by atoms with van der Waals surface area (Å²) in [6, 6.07) is 6.30. The second kappa shape index (κ2) is 6.52. The molecule has 1 fully saturated rings. The molecule has 0 spiro atoms. The molecule has 2 aliphatic rings. The minimum Gasteiger partial charge on any atom is -0.486 e. The van der Waals surface area contributed by atoms with E-state index < -0.39 is 0 Å². The van der Waals surface area contributed by atoms with Crippen molar-refractivity contribution in [3.63, 3.8) is 0 Å². The lowest BCUT2D eigenvalue weighted by molar-refractivity contribution is 0.171. The van der Waals surface area contributed by atoms with Crippen LogP contribution < -0.4 is 9.47 Å². The molecule has 0 N–H and O–H groups in total. The maximum Gasteiger partial charge on any atom is 0.162 e. The van der Waals surface area contributed by atoms with Gasteiger partial charge in [-0.1, -0.05) is 19.3 Å². The highest BCUT2D eigenvalue weighted by atomic mass is 32.2. The molecule has 1 saturated carbocycles. The van der Waals surface area contributed by atoms with Crippen LogP contribution in [-0.2, 0) is 0 Å². The van der Waals surface area contributed by atoms with Crippen LogP contribution in [0, 0.1) is 5.41 Å². The second-order valence-corrected chi connectivity index (χ2v) is 7.18. The Morgan fingerprint density at radius 1 is 1.05 bits per heavy atom. The Labute approximate surface area is 131 Å². The second-order valence-electron chi connectivity index (χ2n) is 5.81. The molecule has 1 aliphatic carbocycles. The van der Waals surface area contributed by atoms with Crippen molar-refractivity contribution in [2.24, 2.45) is 5.41 Å². The summed E-state index contributed by atoms with van der Waals surface area (Å²) in [5.74, 6) is 3.94. The van der Waals surface area contributed by atoms with Crippen LogP contribution in [0.2, 0.25) is 0 Å². The van der Waals surface area contributed by atoms with E-state index in [2.05, 4.69) is 24.8 Å². The fourth-order valence-corrected chi connectivity index (χ4v) is 4.80. The number of fused-ring (bicyclic) bond motifs is 1. The third-order valence-electron chi connectivity index (χ3n) is 4.31. The topological polar surface area (TPSA) is 18.5 Å². The SMILES string of the molecule is SCC1(CSc2ccc3c(c2)OCCO3)CCCCC1. The molecule has 110 valence electrons. The summed E-state index contributed by atoms with van der Waals surface area (Å²) in [6.45, 7) is 1.31. The fourth-order valence-electron chi connectivity index (χ4n) is 3.00. The van der Waals surface area contributed by atoms with Gasteiger partial charge in [-0.15, -0.1) is 11.8 Å². The molecule has 0 bridgehead atoms. The molecule has 0 aromatic heterocycles. The van der Waals surface area contributed by atoms with Crippen LogP contribution in [0.3, 0.4) is 0 Å². The van der Waals surface area contributed by atoms with E-state index in [0.717, 1.165) is 23.0 Å². The van der Waals surface area contributed by atoms with Gasteiger partial charge in [-0.3, -0.25) is 0 Å². The summed E-state index contributed by atoms with van der Waals surface area (Å²) in [6.07, 6.45) is 6.77. The molecule has 1 aliphatic heterocycles. The summed E-state index contributed by atoms with van der Waals surface area (Å²) in [5, 5.41) is 0. The lowest BCUT2D eigenvalue weighted by Gasteiger charge is -2.35. The van der Waals surface area contributed by atoms with E-state index in [0.29, 0.717) is 18.6 Å². The van der Waals surface area contributed by atoms with Gasteiger partial charge in [-0.05, 0) is 42.2 Å². The largest absolute Gasteiger partial charge is 0.486 e. The maximum absolute atomic E-state index is 5.65. The Hall–Kier alpha value is -0.480. The Balaban J connectivity index is 1.65. The molecular weight excluding hydrogens is 288 g/mol. The van der Waals surface area contributed by atoms with Crippen molar-refractivity contribution in [1.29, 1.82) is 0 Å². The van der Waals surface area contributed by atoms with Gasteiger partial charge in [0.25, 0.3) is 0 Å². The molecule has 2 nitrogen and oxygen atoms in total. The summed E-state index contributed by atoms with van der Waals surface area (Å²) in [7, 11) is 0. The molecule has 1 heterocycles. The highest BCUT2D eigenvalue weighted by Crippen LogP contribution is 2.42. The van der Waals surface area contributed by atoms with Gasteiger partial charge in [-0.2, -0.15) is 12.6 Å². The zero-order valence-corrected chi connectivity index (χ0v) is 13.5. The first kappa shape index (κ1) is 14.5. The summed E-state index contributed by atoms with van der Waals surface area (Å²) >= 11 is 6.56. The van der Waals surface area contributed by atoms with Crippen LogP contribution in [-0.4, -0.2) is 24.7 Å². The average molecular weight is 310 g/mol. The number of hydrogen-bond donors (Lipinski definition) is 1. The average Bonchev–Trinajstić information content (AvgIpc) is 2.54. The van der Waals surface area contributed by atoms with Crippen molar-refractivity contribution in [1.82, 2.24) is 0 Å². The van der Waals surface area contributed by atoms with Crippen molar-refractivity contribution >= 4 is 24.4 Å². The van der Waals surface area contributed by atoms with Gasteiger partial charge in [0.05, 0.1) is 0 Å². The summed E-state index contributed by atoms with van der Waals surface area (Å²) < 4.78 is 11.2. The van der Waals surface area contributed by atoms with Crippen molar-refractivity contribution in [2.75, 3.05) is 24.7 Å². The number of rotatable bonds is 4. The van der Waals surface area contributed by atoms with Gasteiger partial charge >= 0.3 is 0 Å². The molecular formula is C16H22O2S2. The number of thiol groups is 1. The number of ether oxygens (including phenoxy) is 2. The zero-order chi connectivity index (χ0) is 13.8. The molecule has 20 heavy (non-hydrogen) atoms. The number of hydrogen-bond acceptors (Lipinski definition) is 4. The first-order chi connectivity index (χ1) is 9.81. The molecule has 0 radical (unpaired) electrons. The molecule has 1 aromatic carbocycles. The monoisotopic (exact) mass is 310 g/mol. The van der Waals surface area contributed by atoms with Gasteiger partial charge in [-0.25, -0.2) is 0 Å². The van der Waals surface area contributed by atoms with E-state index in [-0.39, 0.29) is 0 Å². The number of thioether (sulfide) groups is 1. The predicted octanol–water partition coefficient (Wildman–Crippen LogP) is 4.43. The van der Waals surface area contributed by atoms with Crippen molar-refractivity contribution in [3.05, 3.63) is 18.2 Å². The van der Waals surface area contributed by atoms with Gasteiger partial charge < -0.3 is 9.47 Å². The van der Waals surface area contributed by atoms with E-state index in [1.54, 1.807) is 0 Å². The van der Waals surface area contributed by atoms with E-state index >= 15 is 0 Å². The Morgan fingerprint density at radius 2 is 1.80 bits per heavy atom. The molecule has 1 aromatic rings. The van der Waals surface area contributed by atoms with Gasteiger partial charge in [0.1, 0.15) is 13.2 Å². The summed E-state index contributed by atoms with van der Waals surface area (Å²) in [4.78, 5) is 1.28. The number of benzene rings is 1. The van der Waals surface area contributed by atoms with Gasteiger partial charge in [0, 0.05) is 10.6 Å². The third-order valence-corrected chi connectivity index (χ3v) is 6.32. The van der Waals surface area contributed by atoms with Crippen molar-refractivity contribution in [2.45, 2.75) is 37.0 Å². The minimum absolute atomic E-state index is 0.430. The lowest BCUT2D eigenvalue weighted by Crippen LogP contribution is -2.28. The van der Waals surface area contributed by atoms with Crippen molar-refractivity contribution in [3.8, 4) is 11.5 Å². The van der Waals surface area contributed by atoms with Crippen LogP contribution in [0.4, 0.5) is 0 Å². The molecule has 3 rings (SSSR count). The van der Waals surface area contributed by atoms with Crippen LogP contribution in [0.5, 0.6) is 11.5 Å². The quantitative estimate of drug-likeness (QED) is 0.655. The van der Waals surface area contributed by atoms with E-state index in [9.17, 15) is 0 Å². The van der Waals surface area contributed by atoms with E-state index in [4.69, 9.17) is 9.47 Å². The van der Waals surface area contributed by atoms with Crippen LogP contribution >= 0.6 is 24.4 Å². The van der Waals surface area contributed by atoms with Gasteiger partial charge in [0.15, 0.2) is 11.5 Å². The van der Waals surface area contributed by atoms with E-state index in [1.807, 2.05) is 17.8 Å². The molecule has 0 amide bonds. The highest BCUT2D eigenvalue weighted by Gasteiger charge is 2.30. The minimum atomic E-state index is 0.430. The lowest BCUT2D eigenvalue weighted by atomic mass is 9.77. The smallest absolute Gasteiger partial charge is 0.162 e. The van der Waals surface area contributed by atoms with Gasteiger partial charge in [0.2, 0.25) is 0 Å². The maximum atomic E-state index is 5.65. The standard InChI is InChI=1S/C16H22O2S2/c19-11-16(6-2-1-3-7-16)12-20-13-4-5-14-15(10-13)18-9-8-17-14/h4-5,10,19H,1-3,6-9,11-12H2. The Kier molecular flexibility index (Phi) is 4.72. The first-order valence-corrected chi connectivity index (χ1v) is 9.06. The third kappa shape index (κ3) is 3.22. The Bertz CT molecular complexity index is 456. The highest BCUT2D eigenvalue weighted by molar-refractivity contribution is 7.99. The Morgan fingerprint density at radius 3 is 2.55 bits per heavy atom.